The number of aryl methyl sites for hydroxylation is 4. The smallest absolute Gasteiger partial charge is 0.119 e. The van der Waals surface area contributed by atoms with Gasteiger partial charge in [0.1, 0.15) is 11.5 Å². The van der Waals surface area contributed by atoms with Gasteiger partial charge in [-0.3, -0.25) is 0 Å². The molecule has 0 N–H and O–H groups in total. The van der Waals surface area contributed by atoms with Gasteiger partial charge in [0.15, 0.2) is 0 Å². The summed E-state index contributed by atoms with van der Waals surface area (Å²) in [7, 11) is 1.29. The van der Waals surface area contributed by atoms with Gasteiger partial charge in [0, 0.05) is 50.3 Å². The minimum Gasteiger partial charge on any atom is -0.497 e. The van der Waals surface area contributed by atoms with Crippen LogP contribution in [0.25, 0.3) is 44.5 Å². The maximum atomic E-state index is 5.50. The molecule has 386 valence electrons. The van der Waals surface area contributed by atoms with E-state index in [0.717, 1.165) is 58.5 Å². The fourth-order valence-electron chi connectivity index (χ4n) is 10.4. The van der Waals surface area contributed by atoms with Crippen molar-refractivity contribution in [3.63, 3.8) is 0 Å². The quantitative estimate of drug-likeness (QED) is 0.0710. The molecule has 0 aliphatic rings. The molecule has 0 fully saturated rings. The number of hydrogen-bond acceptors (Lipinski definition) is 4. The molecule has 0 bridgehead atoms. The summed E-state index contributed by atoms with van der Waals surface area (Å²) in [6, 6.07) is 78.7. The molecule has 0 aliphatic heterocycles. The average Bonchev–Trinajstić information content (AvgIpc) is 3.43. The molecule has 0 aromatic heterocycles. The van der Waals surface area contributed by atoms with E-state index in [1.54, 1.807) is 14.2 Å². The number of hydrogen-bond donors (Lipinski definition) is 0. The van der Waals surface area contributed by atoms with Crippen molar-refractivity contribution in [2.45, 2.75) is 90.9 Å². The lowest BCUT2D eigenvalue weighted by atomic mass is 9.99. The Morgan fingerprint density at radius 3 is 0.816 bits per heavy atom. The zero-order chi connectivity index (χ0) is 53.4. The number of anilines is 6. The van der Waals surface area contributed by atoms with Crippen LogP contribution in [0.2, 0.25) is 51.4 Å². The summed E-state index contributed by atoms with van der Waals surface area (Å²) in [5, 5.41) is 0. The largest absolute Gasteiger partial charge is 0.497 e. The highest BCUT2D eigenvalue weighted by molar-refractivity contribution is 6.76. The van der Waals surface area contributed by atoms with Crippen LogP contribution in [0.15, 0.2) is 206 Å². The van der Waals surface area contributed by atoms with Crippen molar-refractivity contribution in [1.29, 1.82) is 0 Å². The van der Waals surface area contributed by atoms with Gasteiger partial charge < -0.3 is 19.3 Å². The number of ether oxygens (including phenoxy) is 2. The highest BCUT2D eigenvalue weighted by Crippen LogP contribution is 2.40. The van der Waals surface area contributed by atoms with Crippen molar-refractivity contribution in [3.05, 3.63) is 229 Å². The van der Waals surface area contributed by atoms with Gasteiger partial charge >= 0.3 is 0 Å². The Kier molecular flexibility index (Phi) is 16.6. The monoisotopic (exact) mass is 1030 g/mol. The third kappa shape index (κ3) is 13.3. The van der Waals surface area contributed by atoms with E-state index >= 15 is 0 Å². The second kappa shape index (κ2) is 23.7. The number of benzene rings is 9. The van der Waals surface area contributed by atoms with E-state index in [2.05, 4.69) is 257 Å². The van der Waals surface area contributed by atoms with Crippen molar-refractivity contribution in [1.82, 2.24) is 0 Å². The van der Waals surface area contributed by atoms with E-state index < -0.39 is 16.1 Å². The molecular formula is C70H76N2O2Si2. The highest BCUT2D eigenvalue weighted by atomic mass is 28.3. The molecule has 0 atom stereocenters. The summed E-state index contributed by atoms with van der Waals surface area (Å²) in [6.07, 6.45) is 4.73. The molecule has 9 rings (SSSR count). The van der Waals surface area contributed by atoms with E-state index in [9.17, 15) is 0 Å². The van der Waals surface area contributed by atoms with Crippen LogP contribution in [0.5, 0.6) is 11.5 Å². The Bertz CT molecular complexity index is 3090. The molecule has 9 aromatic rings. The third-order valence-electron chi connectivity index (χ3n) is 14.7. The molecule has 6 heteroatoms. The Balaban J connectivity index is 0.952. The molecule has 0 heterocycles. The second-order valence-electron chi connectivity index (χ2n) is 23.0. The molecule has 4 nitrogen and oxygen atoms in total. The van der Waals surface area contributed by atoms with Crippen molar-refractivity contribution < 1.29 is 9.47 Å². The standard InChI is InChI=1S/C70H76N2O2Si2/c1-51-49-67(73-3)43-45-69(51)59-27-39-65(40-28-59)71(61-31-15-53(16-32-61)13-11-47-75(5,6)7)63-35-23-57(24-36-63)55-19-21-56(22-20-55)58-25-37-64(38-26-58)72(62-33-17-54(18-34-62)14-12-48-76(8,9)10)66-41-29-60(30-42-66)70-46-44-68(74-4)50-52(70)2/h15-46,49-50H,11-14,47-48H2,1-10H3. The lowest BCUT2D eigenvalue weighted by molar-refractivity contribution is 0.414. The lowest BCUT2D eigenvalue weighted by Crippen LogP contribution is -2.18. The van der Waals surface area contributed by atoms with Gasteiger partial charge in [-0.25, -0.2) is 0 Å². The van der Waals surface area contributed by atoms with Gasteiger partial charge in [0.25, 0.3) is 0 Å². The van der Waals surface area contributed by atoms with Gasteiger partial charge in [0.05, 0.1) is 14.2 Å². The fourth-order valence-corrected chi connectivity index (χ4v) is 12.9. The van der Waals surface area contributed by atoms with Gasteiger partial charge in [-0.05, 0) is 191 Å². The summed E-state index contributed by atoms with van der Waals surface area (Å²) in [5.41, 5.74) is 21.5. The van der Waals surface area contributed by atoms with E-state index in [-0.39, 0.29) is 0 Å². The van der Waals surface area contributed by atoms with Gasteiger partial charge in [-0.1, -0.05) is 173 Å². The second-order valence-corrected chi connectivity index (χ2v) is 34.2. The molecule has 9 aromatic carbocycles. The summed E-state index contributed by atoms with van der Waals surface area (Å²) in [6.45, 7) is 19.1. The molecule has 0 aliphatic carbocycles. The van der Waals surface area contributed by atoms with Crippen molar-refractivity contribution in [2.24, 2.45) is 0 Å². The van der Waals surface area contributed by atoms with Crippen LogP contribution in [0.4, 0.5) is 34.1 Å². The van der Waals surface area contributed by atoms with Crippen molar-refractivity contribution in [3.8, 4) is 56.0 Å². The summed E-state index contributed by atoms with van der Waals surface area (Å²) >= 11 is 0. The van der Waals surface area contributed by atoms with Crippen LogP contribution < -0.4 is 19.3 Å². The maximum Gasteiger partial charge on any atom is 0.119 e. The third-order valence-corrected chi connectivity index (χ3v) is 18.4. The minimum atomic E-state index is -1.08. The first-order valence-electron chi connectivity index (χ1n) is 27.2. The van der Waals surface area contributed by atoms with Crippen LogP contribution in [0.3, 0.4) is 0 Å². The van der Waals surface area contributed by atoms with E-state index in [4.69, 9.17) is 9.47 Å². The molecule has 0 saturated carbocycles. The summed E-state index contributed by atoms with van der Waals surface area (Å²) in [5.74, 6) is 1.75. The SMILES string of the molecule is COc1ccc(-c2ccc(N(c3ccc(CCC[Si](C)(C)C)cc3)c3ccc(-c4ccc(-c5ccc(N(c6ccc(CCC[Si](C)(C)C)cc6)c6ccc(-c7ccc(OC)cc7C)cc6)cc5)cc4)cc3)cc2)c(C)c1. The Morgan fingerprint density at radius 1 is 0.316 bits per heavy atom. The predicted molar refractivity (Wildman–Crippen MR) is 333 cm³/mol. The minimum absolute atomic E-state index is 0.875. The van der Waals surface area contributed by atoms with Gasteiger partial charge in [0.2, 0.25) is 0 Å². The van der Waals surface area contributed by atoms with E-state index in [0.29, 0.717) is 0 Å². The topological polar surface area (TPSA) is 24.9 Å². The van der Waals surface area contributed by atoms with Crippen LogP contribution in [0, 0.1) is 13.8 Å². The molecule has 0 unspecified atom stereocenters. The highest BCUT2D eigenvalue weighted by Gasteiger charge is 2.18. The van der Waals surface area contributed by atoms with Crippen molar-refractivity contribution in [2.75, 3.05) is 24.0 Å². The molecule has 0 saturated heterocycles. The number of rotatable bonds is 20. The van der Waals surface area contributed by atoms with Crippen LogP contribution >= 0.6 is 0 Å². The first-order chi connectivity index (χ1) is 36.6. The van der Waals surface area contributed by atoms with Crippen molar-refractivity contribution >= 4 is 50.3 Å². The zero-order valence-corrected chi connectivity index (χ0v) is 48.6. The predicted octanol–water partition coefficient (Wildman–Crippen LogP) is 20.5. The number of methoxy groups -OCH3 is 2. The normalized spacial score (nSPS) is 11.6. The van der Waals surface area contributed by atoms with E-state index in [1.807, 2.05) is 12.1 Å². The number of nitrogens with zero attached hydrogens (tertiary/aromatic N) is 2. The first-order valence-corrected chi connectivity index (χ1v) is 34.6. The molecule has 76 heavy (non-hydrogen) atoms. The van der Waals surface area contributed by atoms with Crippen LogP contribution in [-0.4, -0.2) is 30.4 Å². The molecule has 0 amide bonds. The maximum absolute atomic E-state index is 5.50. The molecule has 0 spiro atoms. The first kappa shape index (κ1) is 53.4. The zero-order valence-electron chi connectivity index (χ0n) is 46.6. The van der Waals surface area contributed by atoms with Gasteiger partial charge in [-0.2, -0.15) is 0 Å². The molecule has 0 radical (unpaired) electrons. The Morgan fingerprint density at radius 2 is 0.566 bits per heavy atom. The summed E-state index contributed by atoms with van der Waals surface area (Å²) < 4.78 is 11.0. The average molecular weight is 1030 g/mol. The fraction of sp³-hybridized carbons (Fsp3) is 0.229. The Hall–Kier alpha value is -7.39. The lowest BCUT2D eigenvalue weighted by Gasteiger charge is -2.26. The van der Waals surface area contributed by atoms with Crippen LogP contribution in [0.1, 0.15) is 35.1 Å². The molecular weight excluding hydrogens is 957 g/mol. The Labute approximate surface area is 456 Å². The summed E-state index contributed by atoms with van der Waals surface area (Å²) in [4.78, 5) is 4.75. The van der Waals surface area contributed by atoms with Crippen LogP contribution in [-0.2, 0) is 12.8 Å². The van der Waals surface area contributed by atoms with E-state index in [1.165, 1.54) is 91.7 Å². The van der Waals surface area contributed by atoms with Gasteiger partial charge in [-0.15, -0.1) is 0 Å².